The molecule has 2 heterocycles. The normalized spacial score (nSPS) is 10.9. The zero-order chi connectivity index (χ0) is 24.4. The van der Waals surface area contributed by atoms with Gasteiger partial charge in [0.15, 0.2) is 0 Å². The molecule has 10 nitrogen and oxygen atoms in total. The summed E-state index contributed by atoms with van der Waals surface area (Å²) in [6.45, 7) is 0. The molecule has 2 N–H and O–H groups in total. The smallest absolute Gasteiger partial charge is 0.333 e. The maximum absolute atomic E-state index is 12.5. The average Bonchev–Trinajstić information content (AvgIpc) is 2.82. The standard InChI is InChI=1S/C23H22N4O6/c1-24-18(28)16(19(29)25(2)22(24)32)12-10-15(14-8-6-5-7-9-14)11-13-17-20(30)26(3)23(33)27(4)21(17)31/h5-10,12-13,28,30H,1-4H3. The molecule has 10 heteroatoms. The lowest BCUT2D eigenvalue weighted by molar-refractivity contribution is 0.409. The fourth-order valence-electron chi connectivity index (χ4n) is 3.15. The van der Waals surface area contributed by atoms with Gasteiger partial charge in [-0.05, 0) is 23.8 Å². The van der Waals surface area contributed by atoms with E-state index in [9.17, 15) is 29.4 Å². The summed E-state index contributed by atoms with van der Waals surface area (Å²) in [6, 6.07) is 8.88. The predicted molar refractivity (Wildman–Crippen MR) is 124 cm³/mol. The van der Waals surface area contributed by atoms with E-state index in [1.807, 2.05) is 0 Å². The third-order valence-corrected chi connectivity index (χ3v) is 5.21. The molecule has 3 aromatic rings. The SMILES string of the molecule is Cn1c(O)c(C=C=C(C=Cc2c(O)n(C)c(=O)n(C)c2=O)c2ccccc2)c(=O)n(C)c1=O. The minimum atomic E-state index is -0.705. The Bertz CT molecular complexity index is 1580. The molecule has 0 amide bonds. The topological polar surface area (TPSA) is 128 Å². The van der Waals surface area contributed by atoms with Crippen molar-refractivity contribution in [2.75, 3.05) is 0 Å². The number of allylic oxidation sites excluding steroid dienone is 2. The molecule has 0 fully saturated rings. The van der Waals surface area contributed by atoms with Crippen LogP contribution in [0.2, 0.25) is 0 Å². The fraction of sp³-hybridized carbons (Fsp3) is 0.174. The molecule has 0 radical (unpaired) electrons. The van der Waals surface area contributed by atoms with Crippen LogP contribution in [0.3, 0.4) is 0 Å². The van der Waals surface area contributed by atoms with Crippen molar-refractivity contribution in [3.63, 3.8) is 0 Å². The van der Waals surface area contributed by atoms with Crippen molar-refractivity contribution in [2.24, 2.45) is 28.2 Å². The third-order valence-electron chi connectivity index (χ3n) is 5.21. The van der Waals surface area contributed by atoms with Crippen LogP contribution in [0.4, 0.5) is 0 Å². The van der Waals surface area contributed by atoms with Crippen molar-refractivity contribution in [1.29, 1.82) is 0 Å². The van der Waals surface area contributed by atoms with Gasteiger partial charge in [-0.15, -0.1) is 5.73 Å². The van der Waals surface area contributed by atoms with E-state index in [4.69, 9.17) is 0 Å². The maximum Gasteiger partial charge on any atom is 0.333 e. The highest BCUT2D eigenvalue weighted by molar-refractivity contribution is 5.81. The van der Waals surface area contributed by atoms with Gasteiger partial charge < -0.3 is 10.2 Å². The molecule has 1 aromatic carbocycles. The lowest BCUT2D eigenvalue weighted by atomic mass is 10.0. The van der Waals surface area contributed by atoms with Crippen molar-refractivity contribution in [3.05, 3.63) is 101 Å². The lowest BCUT2D eigenvalue weighted by Gasteiger charge is -2.08. The third kappa shape index (κ3) is 4.15. The molecule has 2 aromatic heterocycles. The second-order valence-electron chi connectivity index (χ2n) is 7.29. The van der Waals surface area contributed by atoms with Crippen LogP contribution in [-0.4, -0.2) is 28.5 Å². The van der Waals surface area contributed by atoms with Crippen LogP contribution in [0.1, 0.15) is 16.7 Å². The van der Waals surface area contributed by atoms with Crippen LogP contribution in [0, 0.1) is 0 Å². The van der Waals surface area contributed by atoms with Crippen molar-refractivity contribution in [2.45, 2.75) is 0 Å². The second-order valence-corrected chi connectivity index (χ2v) is 7.29. The summed E-state index contributed by atoms with van der Waals surface area (Å²) in [5.74, 6) is -1.02. The van der Waals surface area contributed by atoms with Crippen LogP contribution in [0.25, 0.3) is 17.7 Å². The molecular weight excluding hydrogens is 428 g/mol. The van der Waals surface area contributed by atoms with Crippen LogP contribution in [0.5, 0.6) is 11.8 Å². The highest BCUT2D eigenvalue weighted by Crippen LogP contribution is 2.19. The van der Waals surface area contributed by atoms with E-state index in [0.717, 1.165) is 18.3 Å². The fourth-order valence-corrected chi connectivity index (χ4v) is 3.15. The molecule has 0 bridgehead atoms. The van der Waals surface area contributed by atoms with Gasteiger partial charge in [0.25, 0.3) is 11.1 Å². The van der Waals surface area contributed by atoms with Crippen molar-refractivity contribution >= 4 is 17.7 Å². The summed E-state index contributed by atoms with van der Waals surface area (Å²) in [6.07, 6.45) is 4.05. The highest BCUT2D eigenvalue weighted by atomic mass is 16.3. The largest absolute Gasteiger partial charge is 0.494 e. The van der Waals surface area contributed by atoms with E-state index in [-0.39, 0.29) is 11.1 Å². The zero-order valence-corrected chi connectivity index (χ0v) is 18.4. The summed E-state index contributed by atoms with van der Waals surface area (Å²) in [5, 5.41) is 20.6. The first-order valence-corrected chi connectivity index (χ1v) is 9.74. The van der Waals surface area contributed by atoms with Crippen LogP contribution >= 0.6 is 0 Å². The number of nitrogens with zero attached hydrogens (tertiary/aromatic N) is 4. The number of rotatable bonds is 4. The zero-order valence-electron chi connectivity index (χ0n) is 18.4. The molecule has 3 rings (SSSR count). The molecule has 0 aliphatic heterocycles. The average molecular weight is 450 g/mol. The molecule has 170 valence electrons. The summed E-state index contributed by atoms with van der Waals surface area (Å²) in [4.78, 5) is 48.9. The van der Waals surface area contributed by atoms with Crippen molar-refractivity contribution in [1.82, 2.24) is 18.3 Å². The number of hydrogen-bond acceptors (Lipinski definition) is 6. The summed E-state index contributed by atoms with van der Waals surface area (Å²) < 4.78 is 3.60. The molecule has 33 heavy (non-hydrogen) atoms. The van der Waals surface area contributed by atoms with E-state index in [2.05, 4.69) is 5.73 Å². The molecular formula is C23H22N4O6. The first kappa shape index (κ1) is 23.1. The summed E-state index contributed by atoms with van der Waals surface area (Å²) in [5.41, 5.74) is 0.971. The van der Waals surface area contributed by atoms with Crippen LogP contribution in [-0.2, 0) is 28.2 Å². The van der Waals surface area contributed by atoms with Crippen molar-refractivity contribution in [3.8, 4) is 11.8 Å². The second kappa shape index (κ2) is 8.89. The van der Waals surface area contributed by atoms with E-state index in [0.29, 0.717) is 11.1 Å². The number of aromatic hydroxyl groups is 2. The Kier molecular flexibility index (Phi) is 6.23. The van der Waals surface area contributed by atoms with Gasteiger partial charge in [0.1, 0.15) is 11.1 Å². The van der Waals surface area contributed by atoms with Gasteiger partial charge in [-0.2, -0.15) is 0 Å². The van der Waals surface area contributed by atoms with E-state index >= 15 is 0 Å². The Hall–Kier alpha value is -4.56. The Morgan fingerprint density at radius 3 is 1.79 bits per heavy atom. The van der Waals surface area contributed by atoms with Gasteiger partial charge >= 0.3 is 11.4 Å². The Labute approximate surface area is 187 Å². The van der Waals surface area contributed by atoms with E-state index in [1.165, 1.54) is 46.4 Å². The van der Waals surface area contributed by atoms with Gasteiger partial charge in [-0.1, -0.05) is 30.3 Å². The Morgan fingerprint density at radius 1 is 0.758 bits per heavy atom. The Morgan fingerprint density at radius 2 is 1.24 bits per heavy atom. The predicted octanol–water partition coefficient (Wildman–Crippen LogP) is 0.302. The summed E-state index contributed by atoms with van der Waals surface area (Å²) >= 11 is 0. The Balaban J connectivity index is 2.27. The van der Waals surface area contributed by atoms with Gasteiger partial charge in [-0.25, -0.2) is 9.59 Å². The van der Waals surface area contributed by atoms with Crippen LogP contribution in [0.15, 0.2) is 61.3 Å². The quantitative estimate of drug-likeness (QED) is 0.435. The minimum absolute atomic E-state index is 0.115. The van der Waals surface area contributed by atoms with Crippen molar-refractivity contribution < 1.29 is 10.2 Å². The lowest BCUT2D eigenvalue weighted by Crippen LogP contribution is -2.37. The first-order chi connectivity index (χ1) is 15.6. The molecule has 0 aliphatic rings. The van der Waals surface area contributed by atoms with E-state index < -0.39 is 34.3 Å². The van der Waals surface area contributed by atoms with Gasteiger partial charge in [0.2, 0.25) is 11.8 Å². The first-order valence-electron chi connectivity index (χ1n) is 9.74. The molecule has 0 atom stereocenters. The molecule has 0 unspecified atom stereocenters. The van der Waals surface area contributed by atoms with Gasteiger partial charge in [-0.3, -0.25) is 27.9 Å². The minimum Gasteiger partial charge on any atom is -0.494 e. The van der Waals surface area contributed by atoms with E-state index in [1.54, 1.807) is 30.3 Å². The number of aromatic nitrogens is 4. The van der Waals surface area contributed by atoms with Gasteiger partial charge in [0, 0.05) is 33.8 Å². The molecule has 0 saturated heterocycles. The molecule has 0 aliphatic carbocycles. The number of hydrogen-bond donors (Lipinski definition) is 2. The highest BCUT2D eigenvalue weighted by Gasteiger charge is 2.14. The molecule has 0 saturated carbocycles. The monoisotopic (exact) mass is 450 g/mol. The van der Waals surface area contributed by atoms with Gasteiger partial charge in [0.05, 0.1) is 0 Å². The van der Waals surface area contributed by atoms with Crippen LogP contribution < -0.4 is 22.5 Å². The number of benzene rings is 1. The maximum atomic E-state index is 12.5. The summed E-state index contributed by atoms with van der Waals surface area (Å²) in [7, 11) is 5.25. The molecule has 0 spiro atoms.